The zero-order chi connectivity index (χ0) is 12.6. The van der Waals surface area contributed by atoms with Crippen LogP contribution in [0.3, 0.4) is 0 Å². The molecule has 98 valence electrons. The van der Waals surface area contributed by atoms with E-state index in [9.17, 15) is 0 Å². The highest BCUT2D eigenvalue weighted by molar-refractivity contribution is 5.13. The Morgan fingerprint density at radius 2 is 2.06 bits per heavy atom. The van der Waals surface area contributed by atoms with Crippen molar-refractivity contribution in [2.75, 3.05) is 6.61 Å². The highest BCUT2D eigenvalue weighted by Crippen LogP contribution is 2.28. The lowest BCUT2D eigenvalue weighted by atomic mass is 9.86. The summed E-state index contributed by atoms with van der Waals surface area (Å²) >= 11 is 0. The first-order chi connectivity index (χ1) is 8.88. The van der Waals surface area contributed by atoms with E-state index in [1.165, 1.54) is 37.7 Å². The van der Waals surface area contributed by atoms with Gasteiger partial charge in [0.15, 0.2) is 0 Å². The number of rotatable bonds is 6. The molecule has 1 atom stereocenters. The van der Waals surface area contributed by atoms with Crippen LogP contribution in [0.4, 0.5) is 0 Å². The summed E-state index contributed by atoms with van der Waals surface area (Å²) in [6.07, 6.45) is 8.78. The van der Waals surface area contributed by atoms with Gasteiger partial charge in [0.25, 0.3) is 0 Å². The van der Waals surface area contributed by atoms with Gasteiger partial charge in [-0.3, -0.25) is 0 Å². The van der Waals surface area contributed by atoms with Gasteiger partial charge in [0.2, 0.25) is 0 Å². The topological polar surface area (TPSA) is 9.23 Å². The van der Waals surface area contributed by atoms with Crippen molar-refractivity contribution in [3.05, 3.63) is 47.5 Å². The van der Waals surface area contributed by atoms with Crippen molar-refractivity contribution >= 4 is 0 Å². The van der Waals surface area contributed by atoms with Gasteiger partial charge in [-0.2, -0.15) is 0 Å². The molecule has 0 N–H and O–H groups in total. The normalized spacial score (nSPS) is 19.6. The maximum absolute atomic E-state index is 5.77. The molecule has 1 aromatic carbocycles. The van der Waals surface area contributed by atoms with Crippen molar-refractivity contribution in [2.24, 2.45) is 5.92 Å². The number of hydrogen-bond donors (Lipinski definition) is 0. The summed E-state index contributed by atoms with van der Waals surface area (Å²) in [5.74, 6) is 0.848. The number of hydrogen-bond acceptors (Lipinski definition) is 1. The van der Waals surface area contributed by atoms with E-state index in [1.54, 1.807) is 5.57 Å². The monoisotopic (exact) mass is 244 g/mol. The predicted octanol–water partition coefficient (Wildman–Crippen LogP) is 4.73. The second kappa shape index (κ2) is 7.38. The molecule has 0 spiro atoms. The second-order valence-electron chi connectivity index (χ2n) is 5.19. The van der Waals surface area contributed by atoms with Crippen LogP contribution >= 0.6 is 0 Å². The van der Waals surface area contributed by atoms with Crippen molar-refractivity contribution < 1.29 is 4.74 Å². The van der Waals surface area contributed by atoms with Crippen LogP contribution in [0.1, 0.15) is 44.6 Å². The van der Waals surface area contributed by atoms with Crippen LogP contribution in [0.25, 0.3) is 0 Å². The van der Waals surface area contributed by atoms with Gasteiger partial charge in [-0.25, -0.2) is 0 Å². The Labute approximate surface area is 111 Å². The Morgan fingerprint density at radius 3 is 2.83 bits per heavy atom. The van der Waals surface area contributed by atoms with Gasteiger partial charge in [-0.05, 0) is 43.6 Å². The molecule has 0 saturated carbocycles. The van der Waals surface area contributed by atoms with E-state index >= 15 is 0 Å². The Morgan fingerprint density at radius 1 is 1.22 bits per heavy atom. The quantitative estimate of drug-likeness (QED) is 0.519. The van der Waals surface area contributed by atoms with Gasteiger partial charge in [0, 0.05) is 6.61 Å². The van der Waals surface area contributed by atoms with Gasteiger partial charge in [0.1, 0.15) is 0 Å². The summed E-state index contributed by atoms with van der Waals surface area (Å²) in [5, 5.41) is 0. The number of benzene rings is 1. The lowest BCUT2D eigenvalue weighted by Gasteiger charge is -2.22. The Balaban J connectivity index is 1.63. The van der Waals surface area contributed by atoms with Gasteiger partial charge >= 0.3 is 0 Å². The zero-order valence-electron chi connectivity index (χ0n) is 11.4. The third-order valence-corrected chi connectivity index (χ3v) is 3.79. The molecule has 0 saturated heterocycles. The van der Waals surface area contributed by atoms with Gasteiger partial charge in [-0.1, -0.05) is 48.9 Å². The zero-order valence-corrected chi connectivity index (χ0v) is 11.4. The highest BCUT2D eigenvalue weighted by Gasteiger charge is 2.14. The van der Waals surface area contributed by atoms with Gasteiger partial charge in [-0.15, -0.1) is 0 Å². The lowest BCUT2D eigenvalue weighted by molar-refractivity contribution is 0.105. The van der Waals surface area contributed by atoms with Crippen molar-refractivity contribution in [2.45, 2.75) is 45.6 Å². The molecule has 0 aromatic heterocycles. The van der Waals surface area contributed by atoms with Crippen molar-refractivity contribution in [1.29, 1.82) is 0 Å². The third kappa shape index (κ3) is 4.30. The smallest absolute Gasteiger partial charge is 0.0716 e. The molecule has 1 unspecified atom stereocenters. The van der Waals surface area contributed by atoms with Crippen LogP contribution in [0.2, 0.25) is 0 Å². The molecule has 0 bridgehead atoms. The van der Waals surface area contributed by atoms with E-state index in [0.717, 1.165) is 19.1 Å². The second-order valence-corrected chi connectivity index (χ2v) is 5.19. The molecule has 1 aliphatic rings. The van der Waals surface area contributed by atoms with Gasteiger partial charge < -0.3 is 4.74 Å². The number of ether oxygens (including phenoxy) is 1. The fourth-order valence-electron chi connectivity index (χ4n) is 2.63. The highest BCUT2D eigenvalue weighted by atomic mass is 16.5. The summed E-state index contributed by atoms with van der Waals surface area (Å²) in [6.45, 7) is 3.92. The summed E-state index contributed by atoms with van der Waals surface area (Å²) in [7, 11) is 0. The molecule has 2 rings (SSSR count). The summed E-state index contributed by atoms with van der Waals surface area (Å²) in [5.41, 5.74) is 2.92. The van der Waals surface area contributed by atoms with Crippen molar-refractivity contribution in [3.63, 3.8) is 0 Å². The summed E-state index contributed by atoms with van der Waals surface area (Å²) < 4.78 is 5.77. The standard InChI is InChI=1S/C17H24O/c1-2-15-9-6-10-16(13-15)11-12-18-14-17-7-4-3-5-8-17/h3-5,7-9,16H,2,6,10-14H2,1H3. The SMILES string of the molecule is CCC1=CCCC(CCOCc2ccccc2)C1. The first kappa shape index (κ1) is 13.4. The molecule has 1 nitrogen and oxygen atoms in total. The molecule has 0 radical (unpaired) electrons. The molecule has 0 heterocycles. The third-order valence-electron chi connectivity index (χ3n) is 3.79. The Bertz CT molecular complexity index is 366. The largest absolute Gasteiger partial charge is 0.377 e. The summed E-state index contributed by atoms with van der Waals surface area (Å²) in [4.78, 5) is 0. The van der Waals surface area contributed by atoms with Crippen LogP contribution in [0, 0.1) is 5.92 Å². The average molecular weight is 244 g/mol. The van der Waals surface area contributed by atoms with E-state index in [2.05, 4.69) is 37.3 Å². The maximum Gasteiger partial charge on any atom is 0.0716 e. The minimum Gasteiger partial charge on any atom is -0.377 e. The maximum atomic E-state index is 5.77. The van der Waals surface area contributed by atoms with E-state index < -0.39 is 0 Å². The van der Waals surface area contributed by atoms with Gasteiger partial charge in [0.05, 0.1) is 6.61 Å². The molecule has 1 aromatic rings. The van der Waals surface area contributed by atoms with E-state index in [4.69, 9.17) is 4.74 Å². The van der Waals surface area contributed by atoms with Crippen molar-refractivity contribution in [1.82, 2.24) is 0 Å². The average Bonchev–Trinajstić information content (AvgIpc) is 2.45. The predicted molar refractivity (Wildman–Crippen MR) is 76.4 cm³/mol. The molecular weight excluding hydrogens is 220 g/mol. The summed E-state index contributed by atoms with van der Waals surface area (Å²) in [6, 6.07) is 10.4. The van der Waals surface area contributed by atoms with Crippen LogP contribution in [0.15, 0.2) is 42.0 Å². The fraction of sp³-hybridized carbons (Fsp3) is 0.529. The molecule has 0 aliphatic heterocycles. The van der Waals surface area contributed by atoms with Crippen molar-refractivity contribution in [3.8, 4) is 0 Å². The molecule has 0 fully saturated rings. The van der Waals surface area contributed by atoms with E-state index in [0.29, 0.717) is 0 Å². The molecule has 0 amide bonds. The Hall–Kier alpha value is -1.08. The first-order valence-electron chi connectivity index (χ1n) is 7.18. The minimum atomic E-state index is 0.754. The first-order valence-corrected chi connectivity index (χ1v) is 7.18. The van der Waals surface area contributed by atoms with Crippen LogP contribution in [-0.4, -0.2) is 6.61 Å². The van der Waals surface area contributed by atoms with Crippen LogP contribution in [0.5, 0.6) is 0 Å². The Kier molecular flexibility index (Phi) is 5.47. The van der Waals surface area contributed by atoms with Crippen LogP contribution in [-0.2, 0) is 11.3 Å². The fourth-order valence-corrected chi connectivity index (χ4v) is 2.63. The molecule has 1 heteroatoms. The molecule has 18 heavy (non-hydrogen) atoms. The number of allylic oxidation sites excluding steroid dienone is 2. The molecular formula is C17H24O. The lowest BCUT2D eigenvalue weighted by Crippen LogP contribution is -2.10. The van der Waals surface area contributed by atoms with E-state index in [1.807, 2.05) is 6.07 Å². The molecule has 1 aliphatic carbocycles. The van der Waals surface area contributed by atoms with Crippen LogP contribution < -0.4 is 0 Å². The minimum absolute atomic E-state index is 0.754. The van der Waals surface area contributed by atoms with E-state index in [-0.39, 0.29) is 0 Å².